The Kier molecular flexibility index (Phi) is 3.81. The van der Waals surface area contributed by atoms with Gasteiger partial charge in [0.25, 0.3) is 0 Å². The maximum absolute atomic E-state index is 12.9. The average molecular weight is 361 g/mol. The Morgan fingerprint density at radius 1 is 1.14 bits per heavy atom. The molecule has 1 aliphatic heterocycles. The molecule has 2 aromatic rings. The summed E-state index contributed by atoms with van der Waals surface area (Å²) in [4.78, 5) is 11.9. The van der Waals surface area contributed by atoms with Gasteiger partial charge in [0.05, 0.1) is 5.57 Å². The molecule has 0 amide bonds. The first-order valence-corrected chi connectivity index (χ1v) is 7.22. The number of ether oxygens (including phenoxy) is 1. The van der Waals surface area contributed by atoms with Crippen LogP contribution in [-0.2, 0) is 9.53 Å². The number of rotatable bonds is 2. The standard InChI is InChI=1S/C17H10BrFO3/c18-13-3-6-15(20)11(8-13)7-12-9-16(22-17(12)21)10-1-4-14(19)5-2-10/h1-9,20H. The predicted molar refractivity (Wildman–Crippen MR) is 84.3 cm³/mol. The minimum Gasteiger partial charge on any atom is -0.507 e. The van der Waals surface area contributed by atoms with E-state index in [-0.39, 0.29) is 11.6 Å². The molecular formula is C17H10BrFO3. The van der Waals surface area contributed by atoms with Crippen LogP contribution in [0.2, 0.25) is 0 Å². The van der Waals surface area contributed by atoms with Gasteiger partial charge in [-0.2, -0.15) is 0 Å². The molecule has 3 rings (SSSR count). The monoisotopic (exact) mass is 360 g/mol. The molecule has 0 aromatic heterocycles. The van der Waals surface area contributed by atoms with E-state index in [2.05, 4.69) is 15.9 Å². The summed E-state index contributed by atoms with van der Waals surface area (Å²) in [5, 5.41) is 9.82. The Morgan fingerprint density at radius 3 is 2.59 bits per heavy atom. The molecule has 1 aliphatic rings. The van der Waals surface area contributed by atoms with Gasteiger partial charge in [0.1, 0.15) is 17.3 Å². The summed E-state index contributed by atoms with van der Waals surface area (Å²) in [6.07, 6.45) is 3.11. The van der Waals surface area contributed by atoms with Gasteiger partial charge >= 0.3 is 5.97 Å². The molecule has 0 aliphatic carbocycles. The van der Waals surface area contributed by atoms with Crippen molar-refractivity contribution in [3.63, 3.8) is 0 Å². The van der Waals surface area contributed by atoms with Gasteiger partial charge in [-0.3, -0.25) is 0 Å². The highest BCUT2D eigenvalue weighted by Gasteiger charge is 2.22. The molecule has 0 saturated carbocycles. The van der Waals surface area contributed by atoms with Gasteiger partial charge < -0.3 is 9.84 Å². The molecule has 2 aromatic carbocycles. The molecule has 0 radical (unpaired) electrons. The number of carbonyl (C=O) groups excluding carboxylic acids is 1. The van der Waals surface area contributed by atoms with E-state index in [1.807, 2.05) is 0 Å². The van der Waals surface area contributed by atoms with Crippen molar-refractivity contribution in [2.24, 2.45) is 0 Å². The van der Waals surface area contributed by atoms with Crippen LogP contribution in [0.3, 0.4) is 0 Å². The zero-order valence-corrected chi connectivity index (χ0v) is 12.8. The summed E-state index contributed by atoms with van der Waals surface area (Å²) in [5.74, 6) is -0.458. The number of phenols is 1. The van der Waals surface area contributed by atoms with Crippen molar-refractivity contribution in [2.75, 3.05) is 0 Å². The van der Waals surface area contributed by atoms with Crippen LogP contribution in [0, 0.1) is 5.82 Å². The molecule has 0 spiro atoms. The molecule has 0 atom stereocenters. The average Bonchev–Trinajstić information content (AvgIpc) is 2.85. The van der Waals surface area contributed by atoms with E-state index >= 15 is 0 Å². The second-order valence-corrected chi connectivity index (χ2v) is 5.62. The van der Waals surface area contributed by atoms with Gasteiger partial charge in [0.2, 0.25) is 0 Å². The van der Waals surface area contributed by atoms with E-state index in [0.29, 0.717) is 22.5 Å². The molecule has 1 N–H and O–H groups in total. The van der Waals surface area contributed by atoms with Gasteiger partial charge in [0, 0.05) is 15.6 Å². The van der Waals surface area contributed by atoms with E-state index in [4.69, 9.17) is 4.74 Å². The van der Waals surface area contributed by atoms with Crippen LogP contribution < -0.4 is 0 Å². The van der Waals surface area contributed by atoms with E-state index in [0.717, 1.165) is 4.47 Å². The number of hydrogen-bond acceptors (Lipinski definition) is 3. The number of halogens is 2. The summed E-state index contributed by atoms with van der Waals surface area (Å²) < 4.78 is 18.9. The fourth-order valence-corrected chi connectivity index (χ4v) is 2.43. The van der Waals surface area contributed by atoms with Crippen LogP contribution in [0.25, 0.3) is 11.8 Å². The quantitative estimate of drug-likeness (QED) is 0.642. The number of aromatic hydroxyl groups is 1. The summed E-state index contributed by atoms with van der Waals surface area (Å²) in [7, 11) is 0. The highest BCUT2D eigenvalue weighted by Crippen LogP contribution is 2.30. The summed E-state index contributed by atoms with van der Waals surface area (Å²) >= 11 is 3.31. The summed E-state index contributed by atoms with van der Waals surface area (Å²) in [6, 6.07) is 10.6. The van der Waals surface area contributed by atoms with Crippen molar-refractivity contribution in [3.8, 4) is 5.75 Å². The highest BCUT2D eigenvalue weighted by atomic mass is 79.9. The van der Waals surface area contributed by atoms with Crippen LogP contribution in [0.1, 0.15) is 11.1 Å². The van der Waals surface area contributed by atoms with Crippen LogP contribution in [-0.4, -0.2) is 11.1 Å². The number of esters is 1. The fourth-order valence-electron chi connectivity index (χ4n) is 2.05. The van der Waals surface area contributed by atoms with Crippen molar-refractivity contribution >= 4 is 33.7 Å². The number of phenolic OH excluding ortho intramolecular Hbond substituents is 1. The first-order chi connectivity index (χ1) is 10.5. The zero-order valence-electron chi connectivity index (χ0n) is 11.2. The molecule has 0 saturated heterocycles. The number of hydrogen-bond donors (Lipinski definition) is 1. The van der Waals surface area contributed by atoms with E-state index in [1.165, 1.54) is 30.3 Å². The molecule has 110 valence electrons. The van der Waals surface area contributed by atoms with E-state index < -0.39 is 5.97 Å². The Labute approximate surface area is 134 Å². The first-order valence-electron chi connectivity index (χ1n) is 6.43. The fraction of sp³-hybridized carbons (Fsp3) is 0. The summed E-state index contributed by atoms with van der Waals surface area (Å²) in [6.45, 7) is 0. The van der Waals surface area contributed by atoms with Gasteiger partial charge in [-0.15, -0.1) is 0 Å². The summed E-state index contributed by atoms with van der Waals surface area (Å²) in [5.41, 5.74) is 1.42. The van der Waals surface area contributed by atoms with Crippen molar-refractivity contribution in [1.82, 2.24) is 0 Å². The molecule has 5 heteroatoms. The van der Waals surface area contributed by atoms with Gasteiger partial charge in [0.15, 0.2) is 0 Å². The smallest absolute Gasteiger partial charge is 0.343 e. The minimum absolute atomic E-state index is 0.0622. The Morgan fingerprint density at radius 2 is 1.86 bits per heavy atom. The largest absolute Gasteiger partial charge is 0.507 e. The van der Waals surface area contributed by atoms with Crippen LogP contribution >= 0.6 is 15.9 Å². The number of benzene rings is 2. The van der Waals surface area contributed by atoms with Gasteiger partial charge in [-0.1, -0.05) is 15.9 Å². The topological polar surface area (TPSA) is 46.5 Å². The third-order valence-corrected chi connectivity index (χ3v) is 3.65. The van der Waals surface area contributed by atoms with E-state index in [9.17, 15) is 14.3 Å². The van der Waals surface area contributed by atoms with Crippen molar-refractivity contribution in [2.45, 2.75) is 0 Å². The van der Waals surface area contributed by atoms with E-state index in [1.54, 1.807) is 24.3 Å². The van der Waals surface area contributed by atoms with Gasteiger partial charge in [-0.25, -0.2) is 9.18 Å². The van der Waals surface area contributed by atoms with Crippen molar-refractivity contribution < 1.29 is 19.0 Å². The lowest BCUT2D eigenvalue weighted by atomic mass is 10.1. The minimum atomic E-state index is -0.515. The third kappa shape index (κ3) is 2.94. The maximum Gasteiger partial charge on any atom is 0.343 e. The normalized spacial score (nSPS) is 15.8. The molecule has 0 bridgehead atoms. The first kappa shape index (κ1) is 14.5. The van der Waals surface area contributed by atoms with Crippen molar-refractivity contribution in [1.29, 1.82) is 0 Å². The SMILES string of the molecule is O=C1OC(c2ccc(F)cc2)=CC1=Cc1cc(Br)ccc1O. The molecule has 22 heavy (non-hydrogen) atoms. The lowest BCUT2D eigenvalue weighted by molar-refractivity contribution is -0.130. The number of carbonyl (C=O) groups is 1. The Hall–Kier alpha value is -2.40. The van der Waals surface area contributed by atoms with Crippen LogP contribution in [0.5, 0.6) is 5.75 Å². The lowest BCUT2D eigenvalue weighted by Gasteiger charge is -2.01. The lowest BCUT2D eigenvalue weighted by Crippen LogP contribution is -1.97. The van der Waals surface area contributed by atoms with Crippen molar-refractivity contribution in [3.05, 3.63) is 75.5 Å². The highest BCUT2D eigenvalue weighted by molar-refractivity contribution is 9.10. The second kappa shape index (κ2) is 5.77. The molecule has 0 fully saturated rings. The van der Waals surface area contributed by atoms with Crippen LogP contribution in [0.4, 0.5) is 4.39 Å². The molecule has 0 unspecified atom stereocenters. The second-order valence-electron chi connectivity index (χ2n) is 4.71. The zero-order chi connectivity index (χ0) is 15.7. The third-order valence-electron chi connectivity index (χ3n) is 3.15. The predicted octanol–water partition coefficient (Wildman–Crippen LogP) is 4.28. The Bertz CT molecular complexity index is 807. The van der Waals surface area contributed by atoms with Crippen LogP contribution in [0.15, 0.2) is 58.6 Å². The number of cyclic esters (lactones) is 1. The molecular weight excluding hydrogens is 351 g/mol. The maximum atomic E-state index is 12.9. The van der Waals surface area contributed by atoms with Gasteiger partial charge in [-0.05, 0) is 54.6 Å². The molecule has 3 nitrogen and oxygen atoms in total. The molecule has 1 heterocycles. The Balaban J connectivity index is 1.97.